The Morgan fingerprint density at radius 2 is 1.78 bits per heavy atom. The zero-order valence-corrected chi connectivity index (χ0v) is 37.1. The van der Waals surface area contributed by atoms with Gasteiger partial charge in [-0.05, 0) is 80.5 Å². The van der Waals surface area contributed by atoms with Gasteiger partial charge >= 0.3 is 0 Å². The van der Waals surface area contributed by atoms with Gasteiger partial charge in [0.25, 0.3) is 5.91 Å². The van der Waals surface area contributed by atoms with Gasteiger partial charge < -0.3 is 29.5 Å². The van der Waals surface area contributed by atoms with Crippen LogP contribution in [0.2, 0.25) is 0 Å². The molecule has 7 heterocycles. The number of piperazine rings is 1. The van der Waals surface area contributed by atoms with Crippen molar-refractivity contribution in [1.29, 1.82) is 0 Å². The maximum absolute atomic E-state index is 15.4. The van der Waals surface area contributed by atoms with Crippen molar-refractivity contribution >= 4 is 46.7 Å². The molecule has 4 aromatic rings. The van der Waals surface area contributed by atoms with Gasteiger partial charge in [-0.25, -0.2) is 13.5 Å². The maximum atomic E-state index is 15.4. The summed E-state index contributed by atoms with van der Waals surface area (Å²) >= 11 is 0. The fourth-order valence-corrected chi connectivity index (χ4v) is 9.84. The van der Waals surface area contributed by atoms with E-state index in [0.29, 0.717) is 99.9 Å². The van der Waals surface area contributed by atoms with Gasteiger partial charge in [-0.3, -0.25) is 34.4 Å². The van der Waals surface area contributed by atoms with Crippen molar-refractivity contribution in [2.45, 2.75) is 64.5 Å². The predicted octanol–water partition coefficient (Wildman–Crippen LogP) is 5.01. The lowest BCUT2D eigenvalue weighted by Crippen LogP contribution is -2.57. The van der Waals surface area contributed by atoms with E-state index in [1.807, 2.05) is 29.8 Å². The quantitative estimate of drug-likeness (QED) is 0.239. The lowest BCUT2D eigenvalue weighted by molar-refractivity contribution is -0.139. The number of nitrogens with zero attached hydrogens (tertiary/aromatic N) is 8. The minimum absolute atomic E-state index is 0.00281. The minimum Gasteiger partial charge on any atom is -0.477 e. The molecule has 5 aliphatic rings. The average molecular weight is 893 g/mol. The van der Waals surface area contributed by atoms with Crippen molar-refractivity contribution in [3.8, 4) is 17.1 Å². The maximum Gasteiger partial charge on any atom is 0.280 e. The molecule has 0 spiro atoms. The van der Waals surface area contributed by atoms with Gasteiger partial charge in [0.1, 0.15) is 11.6 Å². The number of ether oxygens (including phenoxy) is 2. The highest BCUT2D eigenvalue weighted by Crippen LogP contribution is 2.37. The van der Waals surface area contributed by atoms with Crippen LogP contribution < -0.4 is 25.2 Å². The van der Waals surface area contributed by atoms with E-state index >= 15 is 8.78 Å². The number of hydrogen-bond acceptors (Lipinski definition) is 12. The molecular formula is C47H54F2N10O6. The third kappa shape index (κ3) is 9.05. The van der Waals surface area contributed by atoms with E-state index < -0.39 is 35.3 Å². The first-order valence-electron chi connectivity index (χ1n) is 22.4. The molecule has 5 aliphatic heterocycles. The summed E-state index contributed by atoms with van der Waals surface area (Å²) in [6.45, 7) is 8.51. The number of anilines is 3. The number of fused-ring (bicyclic) bond motifs is 7. The summed E-state index contributed by atoms with van der Waals surface area (Å²) in [6, 6.07) is 12.1. The molecule has 2 N–H and O–H groups in total. The van der Waals surface area contributed by atoms with Crippen LogP contribution in [0.5, 0.6) is 5.88 Å². The van der Waals surface area contributed by atoms with Gasteiger partial charge in [0, 0.05) is 88.9 Å². The van der Waals surface area contributed by atoms with E-state index in [0.717, 1.165) is 35.3 Å². The Kier molecular flexibility index (Phi) is 12.4. The van der Waals surface area contributed by atoms with Crippen LogP contribution in [0.4, 0.5) is 25.8 Å². The van der Waals surface area contributed by atoms with Gasteiger partial charge in [-0.1, -0.05) is 13.0 Å². The van der Waals surface area contributed by atoms with Crippen LogP contribution in [0.15, 0.2) is 53.7 Å². The monoisotopic (exact) mass is 892 g/mol. The number of pyridine rings is 1. The van der Waals surface area contributed by atoms with Gasteiger partial charge in [-0.15, -0.1) is 0 Å². The fourth-order valence-electron chi connectivity index (χ4n) is 9.84. The van der Waals surface area contributed by atoms with Gasteiger partial charge in [0.05, 0.1) is 59.9 Å². The lowest BCUT2D eigenvalue weighted by atomic mass is 9.89. The summed E-state index contributed by atoms with van der Waals surface area (Å²) in [7, 11) is 3.48. The third-order valence-corrected chi connectivity index (χ3v) is 13.2. The van der Waals surface area contributed by atoms with Crippen LogP contribution in [0.1, 0.15) is 72.1 Å². The number of aryl methyl sites for hydroxylation is 2. The highest BCUT2D eigenvalue weighted by atomic mass is 19.1. The molecule has 2 aromatic carbocycles. The van der Waals surface area contributed by atoms with Gasteiger partial charge in [0.15, 0.2) is 0 Å². The van der Waals surface area contributed by atoms with Crippen molar-refractivity contribution in [2.24, 2.45) is 23.9 Å². The molecule has 9 rings (SSSR count). The summed E-state index contributed by atoms with van der Waals surface area (Å²) in [5.74, 6) is -3.38. The number of nitrogens with one attached hydrogen (secondary N) is 2. The number of imide groups is 1. The van der Waals surface area contributed by atoms with Crippen molar-refractivity contribution in [3.63, 3.8) is 0 Å². The largest absolute Gasteiger partial charge is 0.477 e. The Labute approximate surface area is 375 Å². The standard InChI is InChI=1S/C47H54F2N10O6/c1-27-6-5-15-65-46-35(21-50-55(46)3)39-18-31(16-28(2)51-39)43(61)54-47-52-38-9-7-29(17-40(38)59(47)22-27)23-57-13-14-58(25-33(57)26-64-4)45(63)30-11-12-56(24-30)32-19-36(48)42(37(49)20-32)34-8-10-41(60)53-44(34)62/h7,9,16-21,27,30,33-34H,5-6,8,10-15,22-26H2,1-4H3,(H,52,54,61)(H,53,60,62)/t27-,30-,33-,34-/m1/s1. The zero-order valence-electron chi connectivity index (χ0n) is 37.1. The number of piperidine rings is 1. The van der Waals surface area contributed by atoms with E-state index in [9.17, 15) is 19.2 Å². The zero-order chi connectivity index (χ0) is 45.5. The SMILES string of the molecule is COC[C@H]1CN(C(=O)[C@@H]2CCN(c3cc(F)c([C@H]4CCC(=O)NC4=O)c(F)c3)C2)CCN1Cc1ccc2c(c1)N1C[C@H](C)CCCOc3c(cnn3C)-c3cc(cc(C)n3)C(=O)/N=C/1N2. The Bertz CT molecular complexity index is 2540. The van der Waals surface area contributed by atoms with E-state index in [-0.39, 0.29) is 42.2 Å². The van der Waals surface area contributed by atoms with Crippen LogP contribution in [0, 0.1) is 30.4 Å². The molecule has 4 atom stereocenters. The van der Waals surface area contributed by atoms with Crippen molar-refractivity contribution in [1.82, 2.24) is 29.9 Å². The van der Waals surface area contributed by atoms with Crippen LogP contribution in [0.25, 0.3) is 11.3 Å². The Balaban J connectivity index is 0.878. The summed E-state index contributed by atoms with van der Waals surface area (Å²) in [4.78, 5) is 69.4. The number of benzene rings is 2. The van der Waals surface area contributed by atoms with Crippen molar-refractivity contribution < 1.29 is 37.4 Å². The van der Waals surface area contributed by atoms with Crippen LogP contribution in [-0.4, -0.2) is 120 Å². The average Bonchev–Trinajstić information content (AvgIpc) is 4.00. The smallest absolute Gasteiger partial charge is 0.280 e. The summed E-state index contributed by atoms with van der Waals surface area (Å²) in [6.07, 6.45) is 3.98. The summed E-state index contributed by atoms with van der Waals surface area (Å²) in [5.41, 5.74) is 5.21. The van der Waals surface area contributed by atoms with Gasteiger partial charge in [0.2, 0.25) is 29.6 Å². The predicted molar refractivity (Wildman–Crippen MR) is 239 cm³/mol. The second-order valence-corrected chi connectivity index (χ2v) is 17.9. The molecule has 0 aliphatic carbocycles. The van der Waals surface area contributed by atoms with E-state index in [2.05, 4.69) is 49.6 Å². The van der Waals surface area contributed by atoms with Crippen molar-refractivity contribution in [2.75, 3.05) is 74.7 Å². The molecular weight excluding hydrogens is 839 g/mol. The van der Waals surface area contributed by atoms with Crippen LogP contribution >= 0.6 is 0 Å². The third-order valence-electron chi connectivity index (χ3n) is 13.2. The number of aromatic nitrogens is 3. The number of methoxy groups -OCH3 is 1. The second kappa shape index (κ2) is 18.3. The first kappa shape index (κ1) is 44.0. The van der Waals surface area contributed by atoms with Gasteiger partial charge in [-0.2, -0.15) is 10.1 Å². The molecule has 342 valence electrons. The van der Waals surface area contributed by atoms with E-state index in [4.69, 9.17) is 14.5 Å². The Morgan fingerprint density at radius 3 is 2.57 bits per heavy atom. The molecule has 18 heteroatoms. The number of hydrogen-bond donors (Lipinski definition) is 2. The Morgan fingerprint density at radius 1 is 0.969 bits per heavy atom. The summed E-state index contributed by atoms with van der Waals surface area (Å²) < 4.78 is 44.4. The number of rotatable bonds is 7. The molecule has 65 heavy (non-hydrogen) atoms. The molecule has 16 nitrogen and oxygen atoms in total. The summed E-state index contributed by atoms with van der Waals surface area (Å²) in [5, 5.41) is 9.99. The fraction of sp³-hybridized carbons (Fsp3) is 0.468. The van der Waals surface area contributed by atoms with E-state index in [1.54, 1.807) is 30.1 Å². The Hall–Kier alpha value is -6.27. The molecule has 0 saturated carbocycles. The molecule has 0 unspecified atom stereocenters. The number of halogens is 2. The number of carbonyl (C=O) groups excluding carboxylic acids is 4. The normalized spacial score (nSPS) is 23.6. The first-order chi connectivity index (χ1) is 31.3. The number of guanidine groups is 1. The highest BCUT2D eigenvalue weighted by Gasteiger charge is 2.38. The molecule has 3 saturated heterocycles. The molecule has 2 bridgehead atoms. The number of aliphatic imine (C=N–C) groups is 1. The van der Waals surface area contributed by atoms with E-state index in [1.165, 1.54) is 12.1 Å². The molecule has 0 radical (unpaired) electrons. The number of amides is 4. The highest BCUT2D eigenvalue weighted by molar-refractivity contribution is 6.19. The molecule has 3 fully saturated rings. The minimum atomic E-state index is -1.08. The van der Waals surface area contributed by atoms with Crippen molar-refractivity contribution in [3.05, 3.63) is 82.7 Å². The van der Waals surface area contributed by atoms with Crippen LogP contribution in [0.3, 0.4) is 0 Å². The van der Waals surface area contributed by atoms with Crippen LogP contribution in [-0.2, 0) is 32.7 Å². The first-order valence-corrected chi connectivity index (χ1v) is 22.4. The lowest BCUT2D eigenvalue weighted by Gasteiger charge is -2.42. The molecule has 2 aromatic heterocycles. The molecule has 4 amide bonds. The topological polar surface area (TPSA) is 167 Å². The number of carbonyl (C=O) groups is 4. The second-order valence-electron chi connectivity index (χ2n) is 17.9.